The molecule has 1 heterocycles. The molecule has 0 atom stereocenters. The number of halogens is 1. The molecule has 0 radical (unpaired) electrons. The highest BCUT2D eigenvalue weighted by Gasteiger charge is 2.18. The number of hydrogen-bond donors (Lipinski definition) is 0. The van der Waals surface area contributed by atoms with Crippen LogP contribution in [-0.2, 0) is 4.79 Å². The smallest absolute Gasteiger partial charge is 0.209 e. The second-order valence-corrected chi connectivity index (χ2v) is 8.69. The van der Waals surface area contributed by atoms with E-state index in [-0.39, 0.29) is 0 Å². The van der Waals surface area contributed by atoms with Gasteiger partial charge in [0.25, 0.3) is 0 Å². The van der Waals surface area contributed by atoms with Gasteiger partial charge in [-0.15, -0.1) is 0 Å². The van der Waals surface area contributed by atoms with Crippen LogP contribution >= 0.6 is 35.3 Å². The number of amides is 1. The Balaban J connectivity index is 1.81. The van der Waals surface area contributed by atoms with Gasteiger partial charge < -0.3 is 4.90 Å². The Morgan fingerprint density at radius 1 is 1.12 bits per heavy atom. The summed E-state index contributed by atoms with van der Waals surface area (Å²) >= 11 is 9.48. The van der Waals surface area contributed by atoms with Gasteiger partial charge >= 0.3 is 0 Å². The van der Waals surface area contributed by atoms with E-state index in [2.05, 4.69) is 16.4 Å². The molecule has 7 heteroatoms. The van der Waals surface area contributed by atoms with Crippen LogP contribution in [0.25, 0.3) is 0 Å². The molecule has 1 amide bonds. The van der Waals surface area contributed by atoms with Crippen LogP contribution in [0.15, 0.2) is 51.1 Å². The van der Waals surface area contributed by atoms with Gasteiger partial charge in [0.1, 0.15) is 0 Å². The van der Waals surface area contributed by atoms with Crippen LogP contribution in [0.4, 0.5) is 0 Å². The second kappa shape index (κ2) is 8.83. The first kappa shape index (κ1) is 19.1. The van der Waals surface area contributed by atoms with Crippen molar-refractivity contribution in [3.05, 3.63) is 52.5 Å². The lowest BCUT2D eigenvalue weighted by Gasteiger charge is -2.31. The summed E-state index contributed by atoms with van der Waals surface area (Å²) in [5.41, 5.74) is 1.76. The first-order chi connectivity index (χ1) is 12.6. The first-order valence-corrected chi connectivity index (χ1v) is 10.2. The molecule has 0 spiro atoms. The molecule has 0 unspecified atom stereocenters. The summed E-state index contributed by atoms with van der Waals surface area (Å²) in [4.78, 5) is 15.9. The van der Waals surface area contributed by atoms with Crippen molar-refractivity contribution in [3.63, 3.8) is 0 Å². The monoisotopic (exact) mass is 403 g/mol. The van der Waals surface area contributed by atoms with E-state index in [9.17, 15) is 10.1 Å². The number of hydrogen-bond acceptors (Lipinski definition) is 5. The highest BCUT2D eigenvalue weighted by molar-refractivity contribution is 8.01. The highest BCUT2D eigenvalue weighted by atomic mass is 35.5. The zero-order valence-electron chi connectivity index (χ0n) is 14.3. The van der Waals surface area contributed by atoms with Gasteiger partial charge in [0.2, 0.25) is 6.41 Å². The van der Waals surface area contributed by atoms with Crippen LogP contribution in [0, 0.1) is 18.3 Å². The zero-order chi connectivity index (χ0) is 18.5. The molecule has 0 saturated carbocycles. The van der Waals surface area contributed by atoms with Crippen LogP contribution in [-0.4, -0.2) is 41.8 Å². The summed E-state index contributed by atoms with van der Waals surface area (Å²) in [6.07, 6.45) is 0.904. The Kier molecular flexibility index (Phi) is 6.49. The van der Waals surface area contributed by atoms with Gasteiger partial charge in [0.05, 0.1) is 11.6 Å². The predicted molar refractivity (Wildman–Crippen MR) is 107 cm³/mol. The van der Waals surface area contributed by atoms with Crippen LogP contribution < -0.4 is 0 Å². The molecular formula is C19H18ClN3OS2. The van der Waals surface area contributed by atoms with Crippen LogP contribution in [0.5, 0.6) is 0 Å². The van der Waals surface area contributed by atoms with Gasteiger partial charge in [-0.25, -0.2) is 4.31 Å². The summed E-state index contributed by atoms with van der Waals surface area (Å²) in [6.45, 7) is 5.09. The van der Waals surface area contributed by atoms with Gasteiger partial charge in [-0.3, -0.25) is 4.79 Å². The zero-order valence-corrected chi connectivity index (χ0v) is 16.7. The third-order valence-corrected chi connectivity index (χ3v) is 6.52. The van der Waals surface area contributed by atoms with Crippen LogP contribution in [0.1, 0.15) is 11.1 Å². The number of nitrogens with zero attached hydrogens (tertiary/aromatic N) is 3. The Morgan fingerprint density at radius 2 is 1.88 bits per heavy atom. The number of aryl methyl sites for hydroxylation is 1. The Labute approximate surface area is 167 Å². The lowest BCUT2D eigenvalue weighted by atomic mass is 10.2. The van der Waals surface area contributed by atoms with Crippen molar-refractivity contribution in [3.8, 4) is 6.07 Å². The molecule has 0 aromatic heterocycles. The summed E-state index contributed by atoms with van der Waals surface area (Å²) in [7, 11) is 0. The third kappa shape index (κ3) is 4.95. The first-order valence-electron chi connectivity index (χ1n) is 8.19. The van der Waals surface area contributed by atoms with Gasteiger partial charge in [0, 0.05) is 45.9 Å². The van der Waals surface area contributed by atoms with Gasteiger partial charge in [-0.2, -0.15) is 5.26 Å². The molecule has 1 aliphatic heterocycles. The second-order valence-electron chi connectivity index (χ2n) is 6.00. The summed E-state index contributed by atoms with van der Waals surface area (Å²) in [5.74, 6) is 0. The molecule has 3 rings (SSSR count). The minimum absolute atomic E-state index is 0.644. The maximum atomic E-state index is 10.9. The lowest BCUT2D eigenvalue weighted by molar-refractivity contribution is -0.119. The molecule has 2 aromatic rings. The lowest BCUT2D eigenvalue weighted by Crippen LogP contribution is -2.42. The minimum Gasteiger partial charge on any atom is -0.343 e. The number of carbonyl (C=O) groups is 1. The molecule has 2 aromatic carbocycles. The number of benzene rings is 2. The molecule has 1 saturated heterocycles. The van der Waals surface area contributed by atoms with E-state index in [0.29, 0.717) is 5.56 Å². The van der Waals surface area contributed by atoms with Crippen LogP contribution in [0.3, 0.4) is 0 Å². The summed E-state index contributed by atoms with van der Waals surface area (Å²) < 4.78 is 2.24. The van der Waals surface area contributed by atoms with Gasteiger partial charge in [-0.1, -0.05) is 23.4 Å². The Hall–Kier alpha value is -1.65. The van der Waals surface area contributed by atoms with Crippen molar-refractivity contribution in [2.45, 2.75) is 21.6 Å². The topological polar surface area (TPSA) is 47.3 Å². The normalized spacial score (nSPS) is 14.9. The number of nitriles is 1. The fourth-order valence-electron chi connectivity index (χ4n) is 2.66. The van der Waals surface area contributed by atoms with E-state index in [4.69, 9.17) is 11.6 Å². The van der Waals surface area contributed by atoms with Crippen molar-refractivity contribution < 1.29 is 4.79 Å². The third-order valence-electron chi connectivity index (χ3n) is 3.97. The van der Waals surface area contributed by atoms with E-state index in [1.165, 1.54) is 0 Å². The average molecular weight is 404 g/mol. The van der Waals surface area contributed by atoms with E-state index >= 15 is 0 Å². The molecule has 1 fully saturated rings. The van der Waals surface area contributed by atoms with Crippen molar-refractivity contribution in [1.82, 2.24) is 9.21 Å². The van der Waals surface area contributed by atoms with Gasteiger partial charge in [0.15, 0.2) is 0 Å². The number of rotatable bonds is 5. The van der Waals surface area contributed by atoms with Gasteiger partial charge in [-0.05, 0) is 60.8 Å². The van der Waals surface area contributed by atoms with E-state index in [1.54, 1.807) is 28.6 Å². The molecule has 4 nitrogen and oxygen atoms in total. The van der Waals surface area contributed by atoms with Crippen molar-refractivity contribution >= 4 is 41.7 Å². The average Bonchev–Trinajstić information content (AvgIpc) is 2.63. The molecule has 1 aliphatic rings. The molecular weight excluding hydrogens is 386 g/mol. The number of carbonyl (C=O) groups excluding carboxylic acids is 1. The fourth-order valence-corrected chi connectivity index (χ4v) is 5.19. The maximum absolute atomic E-state index is 10.9. The Morgan fingerprint density at radius 3 is 2.54 bits per heavy atom. The highest BCUT2D eigenvalue weighted by Crippen LogP contribution is 2.38. The molecule has 0 N–H and O–H groups in total. The molecule has 0 bridgehead atoms. The fraction of sp³-hybridized carbons (Fsp3) is 0.263. The standard InChI is InChI=1S/C19H18ClN3OS2/c1-14-8-16(20)11-17(9-14)25-18-3-2-15(12-21)10-19(18)26-23-6-4-22(13-24)5-7-23/h2-3,8-11,13H,4-7H2,1H3. The number of piperazine rings is 1. The SMILES string of the molecule is Cc1cc(Cl)cc(Sc2ccc(C#N)cc2SN2CCN(C=O)CC2)c1. The van der Waals surface area contributed by atoms with Crippen molar-refractivity contribution in [1.29, 1.82) is 5.26 Å². The Bertz CT molecular complexity index is 825. The van der Waals surface area contributed by atoms with Crippen molar-refractivity contribution in [2.75, 3.05) is 26.2 Å². The van der Waals surface area contributed by atoms with E-state index < -0.39 is 0 Å². The quantitative estimate of drug-likeness (QED) is 0.545. The van der Waals surface area contributed by atoms with Crippen LogP contribution in [0.2, 0.25) is 5.02 Å². The largest absolute Gasteiger partial charge is 0.343 e. The minimum atomic E-state index is 0.644. The predicted octanol–water partition coefficient (Wildman–Crippen LogP) is 4.45. The summed E-state index contributed by atoms with van der Waals surface area (Å²) in [6, 6.07) is 14.0. The molecule has 134 valence electrons. The van der Waals surface area contributed by atoms with E-state index in [0.717, 1.165) is 57.9 Å². The molecule has 26 heavy (non-hydrogen) atoms. The maximum Gasteiger partial charge on any atom is 0.209 e. The summed E-state index contributed by atoms with van der Waals surface area (Å²) in [5, 5.41) is 9.97. The van der Waals surface area contributed by atoms with E-state index in [1.807, 2.05) is 37.3 Å². The van der Waals surface area contributed by atoms with Crippen molar-refractivity contribution in [2.24, 2.45) is 0 Å². The molecule has 0 aliphatic carbocycles.